The number of hydrogen-bond acceptors (Lipinski definition) is 4. The van der Waals surface area contributed by atoms with Crippen LogP contribution in [0.5, 0.6) is 0 Å². The molecule has 5 nitrogen and oxygen atoms in total. The number of Topliss-reactive ketones (excluding diaryl/α,β-unsaturated/α-hetero) is 1. The molecule has 1 aliphatic carbocycles. The molecule has 1 spiro atoms. The molecule has 31 heavy (non-hydrogen) atoms. The Bertz CT molecular complexity index is 762. The molecule has 1 aliphatic heterocycles. The smallest absolute Gasteiger partial charge is 0.244 e. The molecule has 0 aromatic heterocycles. The first kappa shape index (κ1) is 25.9. The molecule has 1 fully saturated rings. The summed E-state index contributed by atoms with van der Waals surface area (Å²) in [5.74, 6) is -0.204. The van der Waals surface area contributed by atoms with E-state index in [4.69, 9.17) is 32.7 Å². The molecule has 0 unspecified atom stereocenters. The van der Waals surface area contributed by atoms with Crippen molar-refractivity contribution in [1.82, 2.24) is 5.32 Å². The Kier molecular flexibility index (Phi) is 10.0. The molecule has 0 aromatic carbocycles. The van der Waals surface area contributed by atoms with Crippen molar-refractivity contribution in [2.45, 2.75) is 77.2 Å². The van der Waals surface area contributed by atoms with E-state index in [1.807, 2.05) is 13.0 Å². The third-order valence-electron chi connectivity index (χ3n) is 5.50. The minimum absolute atomic E-state index is 0.00111. The van der Waals surface area contributed by atoms with Crippen molar-refractivity contribution >= 4 is 34.9 Å². The average Bonchev–Trinajstić information content (AvgIpc) is 3.04. The predicted molar refractivity (Wildman–Crippen MR) is 125 cm³/mol. The Balaban J connectivity index is 1.94. The lowest BCUT2D eigenvalue weighted by Crippen LogP contribution is -2.40. The van der Waals surface area contributed by atoms with Gasteiger partial charge in [0.15, 0.2) is 6.29 Å². The van der Waals surface area contributed by atoms with E-state index in [2.05, 4.69) is 25.2 Å². The van der Waals surface area contributed by atoms with Crippen LogP contribution in [0.25, 0.3) is 0 Å². The fourth-order valence-corrected chi connectivity index (χ4v) is 4.56. The van der Waals surface area contributed by atoms with Crippen LogP contribution >= 0.6 is 23.2 Å². The maximum atomic E-state index is 12.5. The minimum atomic E-state index is -0.979. The maximum absolute atomic E-state index is 12.5. The van der Waals surface area contributed by atoms with Crippen LogP contribution in [-0.4, -0.2) is 36.7 Å². The van der Waals surface area contributed by atoms with Crippen LogP contribution in [0.15, 0.2) is 46.0 Å². The number of amides is 1. The minimum Gasteiger partial charge on any atom is -0.354 e. The largest absolute Gasteiger partial charge is 0.354 e. The number of allylic oxidation sites excluding steroid dienone is 5. The van der Waals surface area contributed by atoms with Gasteiger partial charge in [-0.1, -0.05) is 80.5 Å². The quantitative estimate of drug-likeness (QED) is 0.259. The van der Waals surface area contributed by atoms with E-state index < -0.39 is 23.7 Å². The number of ether oxygens (including phenoxy) is 2. The van der Waals surface area contributed by atoms with Crippen LogP contribution in [0.1, 0.15) is 59.3 Å². The van der Waals surface area contributed by atoms with Gasteiger partial charge in [0.1, 0.15) is 5.60 Å². The van der Waals surface area contributed by atoms with E-state index in [-0.39, 0.29) is 16.0 Å². The fourth-order valence-electron chi connectivity index (χ4n) is 3.94. The maximum Gasteiger partial charge on any atom is 0.244 e. The number of rotatable bonds is 10. The van der Waals surface area contributed by atoms with Gasteiger partial charge in [-0.25, -0.2) is 0 Å². The molecule has 2 rings (SSSR count). The van der Waals surface area contributed by atoms with Gasteiger partial charge < -0.3 is 14.8 Å². The number of ketones is 1. The zero-order valence-electron chi connectivity index (χ0n) is 18.8. The van der Waals surface area contributed by atoms with Gasteiger partial charge in [0.25, 0.3) is 0 Å². The summed E-state index contributed by atoms with van der Waals surface area (Å²) >= 11 is 12.0. The summed E-state index contributed by atoms with van der Waals surface area (Å²) in [5, 5.41) is 2.91. The number of methoxy groups -OCH3 is 1. The molecule has 172 valence electrons. The lowest BCUT2D eigenvalue weighted by molar-refractivity contribution is -0.138. The number of unbranched alkanes of at least 4 members (excludes halogenated alkanes) is 3. The van der Waals surface area contributed by atoms with E-state index in [0.29, 0.717) is 12.3 Å². The molecule has 1 heterocycles. The summed E-state index contributed by atoms with van der Waals surface area (Å²) in [7, 11) is 1.50. The molecule has 2 aliphatic rings. The van der Waals surface area contributed by atoms with Gasteiger partial charge in [-0.05, 0) is 31.4 Å². The van der Waals surface area contributed by atoms with E-state index >= 15 is 0 Å². The third kappa shape index (κ3) is 7.60. The SMILES string of the molecule is CCCCCC[C@@H](C)/C=C(C)/C=C/C(=O)N[C@H]1CC2(C=C(Cl)C(=O)C(Cl)=C2)O[C@@H]1OC. The van der Waals surface area contributed by atoms with Crippen LogP contribution in [0.4, 0.5) is 0 Å². The van der Waals surface area contributed by atoms with Gasteiger partial charge in [0, 0.05) is 19.6 Å². The molecule has 1 amide bonds. The Labute approximate surface area is 195 Å². The lowest BCUT2D eigenvalue weighted by atomic mass is 9.92. The molecule has 0 bridgehead atoms. The second kappa shape index (κ2) is 12.0. The van der Waals surface area contributed by atoms with Gasteiger partial charge in [-0.2, -0.15) is 0 Å². The molecule has 0 saturated carbocycles. The zero-order chi connectivity index (χ0) is 23.0. The second-order valence-electron chi connectivity index (χ2n) is 8.38. The van der Waals surface area contributed by atoms with Gasteiger partial charge in [0.2, 0.25) is 11.7 Å². The molecule has 3 atom stereocenters. The summed E-state index contributed by atoms with van der Waals surface area (Å²) < 4.78 is 11.3. The van der Waals surface area contributed by atoms with Crippen molar-refractivity contribution < 1.29 is 19.1 Å². The van der Waals surface area contributed by atoms with Crippen LogP contribution in [0.2, 0.25) is 0 Å². The van der Waals surface area contributed by atoms with E-state index in [1.165, 1.54) is 51.0 Å². The van der Waals surface area contributed by atoms with Gasteiger partial charge in [-0.3, -0.25) is 9.59 Å². The second-order valence-corrected chi connectivity index (χ2v) is 9.19. The third-order valence-corrected chi connectivity index (χ3v) is 6.06. The van der Waals surface area contributed by atoms with Crippen molar-refractivity contribution in [2.24, 2.45) is 5.92 Å². The summed E-state index contributed by atoms with van der Waals surface area (Å²) in [5.41, 5.74) is 0.0729. The zero-order valence-corrected chi connectivity index (χ0v) is 20.3. The molecule has 1 saturated heterocycles. The van der Waals surface area contributed by atoms with Crippen LogP contribution in [0.3, 0.4) is 0 Å². The topological polar surface area (TPSA) is 64.6 Å². The Morgan fingerprint density at radius 2 is 1.97 bits per heavy atom. The van der Waals surface area contributed by atoms with E-state index in [1.54, 1.807) is 0 Å². The van der Waals surface area contributed by atoms with Crippen molar-refractivity contribution in [3.63, 3.8) is 0 Å². The Hall–Kier alpha value is -1.40. The number of halogens is 2. The summed E-state index contributed by atoms with van der Waals surface area (Å²) in [6.45, 7) is 6.41. The first-order valence-electron chi connectivity index (χ1n) is 10.9. The first-order valence-corrected chi connectivity index (χ1v) is 11.6. The standard InChI is InChI=1S/C24H33Cl2NO4/c1-5-6-7-8-9-16(2)12-17(3)10-11-21(28)27-20-15-24(31-23(20)30-4)13-18(25)22(29)19(26)14-24/h10-14,16,20,23H,5-9,15H2,1-4H3,(H,27,28)/b11-10+,17-12+/t16-,20+,23+/m1/s1. The lowest BCUT2D eigenvalue weighted by Gasteiger charge is -2.25. The van der Waals surface area contributed by atoms with Gasteiger partial charge >= 0.3 is 0 Å². The molecule has 0 radical (unpaired) electrons. The summed E-state index contributed by atoms with van der Waals surface area (Å²) in [6.07, 6.45) is 14.4. The highest BCUT2D eigenvalue weighted by Gasteiger charge is 2.47. The number of hydrogen-bond donors (Lipinski definition) is 1. The number of carbonyl (C=O) groups excluding carboxylic acids is 2. The Morgan fingerprint density at radius 3 is 2.58 bits per heavy atom. The van der Waals surface area contributed by atoms with Crippen molar-refractivity contribution in [1.29, 1.82) is 0 Å². The van der Waals surface area contributed by atoms with Gasteiger partial charge in [0.05, 0.1) is 16.1 Å². The van der Waals surface area contributed by atoms with Crippen LogP contribution < -0.4 is 5.32 Å². The van der Waals surface area contributed by atoms with Crippen LogP contribution in [0, 0.1) is 5.92 Å². The highest BCUT2D eigenvalue weighted by molar-refractivity contribution is 6.55. The van der Waals surface area contributed by atoms with E-state index in [0.717, 1.165) is 12.0 Å². The highest BCUT2D eigenvalue weighted by atomic mass is 35.5. The molecular formula is C24H33Cl2NO4. The monoisotopic (exact) mass is 469 g/mol. The van der Waals surface area contributed by atoms with Crippen molar-refractivity contribution in [3.8, 4) is 0 Å². The Morgan fingerprint density at radius 1 is 1.29 bits per heavy atom. The van der Waals surface area contributed by atoms with E-state index in [9.17, 15) is 9.59 Å². The van der Waals surface area contributed by atoms with Crippen molar-refractivity contribution in [3.05, 3.63) is 46.0 Å². The predicted octanol–water partition coefficient (Wildman–Crippen LogP) is 5.54. The number of carbonyl (C=O) groups is 2. The molecule has 7 heteroatoms. The first-order chi connectivity index (χ1) is 14.7. The number of nitrogens with one attached hydrogen (secondary N) is 1. The van der Waals surface area contributed by atoms with Gasteiger partial charge in [-0.15, -0.1) is 0 Å². The highest BCUT2D eigenvalue weighted by Crippen LogP contribution is 2.39. The van der Waals surface area contributed by atoms with Crippen LogP contribution in [-0.2, 0) is 19.1 Å². The summed E-state index contributed by atoms with van der Waals surface area (Å²) in [6, 6.07) is -0.418. The molecule has 1 N–H and O–H groups in total. The normalized spacial score (nSPS) is 24.5. The summed E-state index contributed by atoms with van der Waals surface area (Å²) in [4.78, 5) is 24.3. The van der Waals surface area contributed by atoms with Crippen molar-refractivity contribution in [2.75, 3.05) is 7.11 Å². The fraction of sp³-hybridized carbons (Fsp3) is 0.583. The average molecular weight is 470 g/mol. The molecule has 0 aromatic rings. The molecular weight excluding hydrogens is 437 g/mol.